The topological polar surface area (TPSA) is 95.1 Å². The molecule has 1 N–H and O–H groups in total. The molecule has 164 valence electrons. The van der Waals surface area contributed by atoms with Crippen LogP contribution in [0.1, 0.15) is 30.3 Å². The van der Waals surface area contributed by atoms with Gasteiger partial charge in [0.25, 0.3) is 0 Å². The summed E-state index contributed by atoms with van der Waals surface area (Å²) in [5.74, 6) is 1.67. The number of hydrogen-bond acceptors (Lipinski definition) is 6. The number of halogens is 1. The predicted octanol–water partition coefficient (Wildman–Crippen LogP) is 2.84. The van der Waals surface area contributed by atoms with E-state index in [1.807, 2.05) is 13.8 Å². The fourth-order valence-corrected chi connectivity index (χ4v) is 4.01. The van der Waals surface area contributed by atoms with Crippen LogP contribution in [0.5, 0.6) is 0 Å². The first-order valence-electron chi connectivity index (χ1n) is 10.4. The number of amides is 1. The van der Waals surface area contributed by atoms with Crippen molar-refractivity contribution in [2.45, 2.75) is 39.7 Å². The third-order valence-corrected chi connectivity index (χ3v) is 5.72. The first kappa shape index (κ1) is 21.2. The normalized spacial score (nSPS) is 15.7. The smallest absolute Gasteiger partial charge is 0.226 e. The molecule has 9 heteroatoms. The van der Waals surface area contributed by atoms with Crippen LogP contribution >= 0.6 is 0 Å². The summed E-state index contributed by atoms with van der Waals surface area (Å²) in [6.07, 6.45) is 1.54. The minimum atomic E-state index is -0.655. The molecular weight excluding hydrogens is 401 g/mol. The Kier molecular flexibility index (Phi) is 6.13. The maximum Gasteiger partial charge on any atom is 0.226 e. The lowest BCUT2D eigenvalue weighted by molar-refractivity contribution is -0.137. The SMILES string of the molecule is Cc1nc(C)n(CCNC(=O)C2(Cc3cc(-c4ccccc4F)no3)CCOCC2)n1. The third-order valence-electron chi connectivity index (χ3n) is 5.72. The van der Waals surface area contributed by atoms with Crippen LogP contribution in [-0.2, 0) is 22.5 Å². The Balaban J connectivity index is 1.46. The fraction of sp³-hybridized carbons (Fsp3) is 0.455. The van der Waals surface area contributed by atoms with Gasteiger partial charge in [-0.15, -0.1) is 0 Å². The Bertz CT molecular complexity index is 1060. The molecule has 0 aliphatic carbocycles. The van der Waals surface area contributed by atoms with Crippen molar-refractivity contribution in [3.63, 3.8) is 0 Å². The van der Waals surface area contributed by atoms with Gasteiger partial charge in [-0.05, 0) is 38.8 Å². The van der Waals surface area contributed by atoms with Crippen molar-refractivity contribution in [2.75, 3.05) is 19.8 Å². The van der Waals surface area contributed by atoms with E-state index in [-0.39, 0.29) is 11.7 Å². The molecule has 3 heterocycles. The van der Waals surface area contributed by atoms with Crippen LogP contribution in [0, 0.1) is 25.1 Å². The summed E-state index contributed by atoms with van der Waals surface area (Å²) < 4.78 is 26.8. The molecule has 0 atom stereocenters. The van der Waals surface area contributed by atoms with Gasteiger partial charge in [-0.25, -0.2) is 14.1 Å². The van der Waals surface area contributed by atoms with Gasteiger partial charge >= 0.3 is 0 Å². The number of benzene rings is 1. The highest BCUT2D eigenvalue weighted by atomic mass is 19.1. The van der Waals surface area contributed by atoms with Crippen molar-refractivity contribution < 1.29 is 18.4 Å². The number of carbonyl (C=O) groups excluding carboxylic acids is 1. The highest BCUT2D eigenvalue weighted by Gasteiger charge is 2.41. The van der Waals surface area contributed by atoms with Gasteiger partial charge in [0.15, 0.2) is 0 Å². The number of carbonyl (C=O) groups is 1. The Morgan fingerprint density at radius 3 is 2.74 bits per heavy atom. The van der Waals surface area contributed by atoms with Gasteiger partial charge in [0.2, 0.25) is 5.91 Å². The van der Waals surface area contributed by atoms with Crippen molar-refractivity contribution in [1.29, 1.82) is 0 Å². The minimum absolute atomic E-state index is 0.0471. The Labute approximate surface area is 179 Å². The van der Waals surface area contributed by atoms with Crippen molar-refractivity contribution in [1.82, 2.24) is 25.2 Å². The Morgan fingerprint density at radius 2 is 2.03 bits per heavy atom. The molecule has 0 radical (unpaired) electrons. The largest absolute Gasteiger partial charge is 0.381 e. The summed E-state index contributed by atoms with van der Waals surface area (Å²) in [7, 11) is 0. The van der Waals surface area contributed by atoms with Crippen LogP contribution in [0.4, 0.5) is 4.39 Å². The van der Waals surface area contributed by atoms with Crippen molar-refractivity contribution in [2.24, 2.45) is 5.41 Å². The summed E-state index contributed by atoms with van der Waals surface area (Å²) in [4.78, 5) is 17.5. The second kappa shape index (κ2) is 8.97. The molecule has 2 aromatic heterocycles. The van der Waals surface area contributed by atoms with Crippen molar-refractivity contribution >= 4 is 5.91 Å². The molecule has 8 nitrogen and oxygen atoms in total. The van der Waals surface area contributed by atoms with Crippen LogP contribution in [0.25, 0.3) is 11.3 Å². The molecule has 1 aliphatic heterocycles. The molecule has 0 unspecified atom stereocenters. The lowest BCUT2D eigenvalue weighted by atomic mass is 9.75. The Morgan fingerprint density at radius 1 is 1.26 bits per heavy atom. The van der Waals surface area contributed by atoms with Gasteiger partial charge in [0.05, 0.1) is 12.0 Å². The van der Waals surface area contributed by atoms with E-state index in [0.29, 0.717) is 68.4 Å². The van der Waals surface area contributed by atoms with Gasteiger partial charge < -0.3 is 14.6 Å². The van der Waals surface area contributed by atoms with Gasteiger partial charge in [-0.3, -0.25) is 4.79 Å². The van der Waals surface area contributed by atoms with Crippen LogP contribution < -0.4 is 5.32 Å². The Hall–Kier alpha value is -3.07. The van der Waals surface area contributed by atoms with Gasteiger partial charge in [-0.1, -0.05) is 17.3 Å². The van der Waals surface area contributed by atoms with Crippen LogP contribution in [-0.4, -0.2) is 45.6 Å². The maximum atomic E-state index is 14.1. The highest BCUT2D eigenvalue weighted by molar-refractivity contribution is 5.83. The van der Waals surface area contributed by atoms with E-state index < -0.39 is 5.41 Å². The quantitative estimate of drug-likeness (QED) is 0.623. The van der Waals surface area contributed by atoms with E-state index in [9.17, 15) is 9.18 Å². The zero-order chi connectivity index (χ0) is 21.8. The van der Waals surface area contributed by atoms with E-state index in [1.165, 1.54) is 6.07 Å². The molecule has 4 rings (SSSR count). The molecule has 0 bridgehead atoms. The van der Waals surface area contributed by atoms with E-state index in [1.54, 1.807) is 28.9 Å². The molecule has 3 aromatic rings. The van der Waals surface area contributed by atoms with E-state index in [4.69, 9.17) is 9.26 Å². The minimum Gasteiger partial charge on any atom is -0.381 e. The molecule has 1 aliphatic rings. The lowest BCUT2D eigenvalue weighted by Crippen LogP contribution is -2.46. The monoisotopic (exact) mass is 427 g/mol. The summed E-state index contributed by atoms with van der Waals surface area (Å²) >= 11 is 0. The maximum absolute atomic E-state index is 14.1. The number of aromatic nitrogens is 4. The van der Waals surface area contributed by atoms with Gasteiger partial charge in [-0.2, -0.15) is 5.10 Å². The second-order valence-electron chi connectivity index (χ2n) is 7.91. The second-order valence-corrected chi connectivity index (χ2v) is 7.91. The van der Waals surface area contributed by atoms with Gasteiger partial charge in [0.1, 0.15) is 28.9 Å². The number of aryl methyl sites for hydroxylation is 2. The number of rotatable bonds is 7. The molecule has 0 spiro atoms. The fourth-order valence-electron chi connectivity index (χ4n) is 4.01. The molecule has 1 amide bonds. The molecule has 1 saturated heterocycles. The van der Waals surface area contributed by atoms with Gasteiger partial charge in [0, 0.05) is 37.8 Å². The summed E-state index contributed by atoms with van der Waals surface area (Å²) in [6.45, 7) is 5.73. The van der Waals surface area contributed by atoms with Crippen molar-refractivity contribution in [3.05, 3.63) is 53.6 Å². The average molecular weight is 427 g/mol. The average Bonchev–Trinajstić information content (AvgIpc) is 3.34. The highest BCUT2D eigenvalue weighted by Crippen LogP contribution is 2.36. The first-order chi connectivity index (χ1) is 15.0. The molecule has 1 fully saturated rings. The van der Waals surface area contributed by atoms with E-state index >= 15 is 0 Å². The predicted molar refractivity (Wildman–Crippen MR) is 111 cm³/mol. The van der Waals surface area contributed by atoms with Crippen LogP contribution in [0.2, 0.25) is 0 Å². The van der Waals surface area contributed by atoms with Crippen LogP contribution in [0.3, 0.4) is 0 Å². The van der Waals surface area contributed by atoms with Crippen LogP contribution in [0.15, 0.2) is 34.9 Å². The molecule has 0 saturated carbocycles. The third kappa shape index (κ3) is 4.66. The van der Waals surface area contributed by atoms with Crippen molar-refractivity contribution in [3.8, 4) is 11.3 Å². The first-order valence-corrected chi connectivity index (χ1v) is 10.4. The number of ether oxygens (including phenoxy) is 1. The summed E-state index contributed by atoms with van der Waals surface area (Å²) in [5.41, 5.74) is 0.145. The molecule has 31 heavy (non-hydrogen) atoms. The van der Waals surface area contributed by atoms with E-state index in [2.05, 4.69) is 20.6 Å². The summed E-state index contributed by atoms with van der Waals surface area (Å²) in [5, 5.41) is 11.4. The number of hydrogen-bond donors (Lipinski definition) is 1. The zero-order valence-electron chi connectivity index (χ0n) is 17.7. The standard InChI is InChI=1S/C22H26FN5O3/c1-15-25-16(2)28(26-15)10-9-24-21(29)22(7-11-30-12-8-22)14-17-13-20(27-31-17)18-5-3-4-6-19(18)23/h3-6,13H,7-12,14H2,1-2H3,(H,24,29). The molecular formula is C22H26FN5O3. The zero-order valence-corrected chi connectivity index (χ0v) is 17.7. The van der Waals surface area contributed by atoms with E-state index in [0.717, 1.165) is 5.82 Å². The number of nitrogens with zero attached hydrogens (tertiary/aromatic N) is 4. The summed E-state index contributed by atoms with van der Waals surface area (Å²) in [6, 6.07) is 8.13. The molecule has 1 aromatic carbocycles. The number of nitrogens with one attached hydrogen (secondary N) is 1. The lowest BCUT2D eigenvalue weighted by Gasteiger charge is -2.35.